The predicted octanol–water partition coefficient (Wildman–Crippen LogP) is 3.87. The van der Waals surface area contributed by atoms with Crippen LogP contribution in [-0.2, 0) is 11.2 Å². The number of aromatic nitrogens is 3. The first-order valence-corrected chi connectivity index (χ1v) is 8.43. The second-order valence-corrected chi connectivity index (χ2v) is 6.20. The Kier molecular flexibility index (Phi) is 3.80. The highest BCUT2D eigenvalue weighted by molar-refractivity contribution is 7.08. The molecule has 0 saturated carbocycles. The zero-order valence-electron chi connectivity index (χ0n) is 12.7. The van der Waals surface area contributed by atoms with E-state index in [1.165, 1.54) is 0 Å². The smallest absolute Gasteiger partial charge is 0.228 e. The van der Waals surface area contributed by atoms with Crippen LogP contribution in [0.25, 0.3) is 22.4 Å². The summed E-state index contributed by atoms with van der Waals surface area (Å²) in [6.45, 7) is 0. The highest BCUT2D eigenvalue weighted by atomic mass is 32.1. The first kappa shape index (κ1) is 14.6. The number of thiophene rings is 1. The average molecular weight is 334 g/mol. The lowest BCUT2D eigenvalue weighted by Gasteiger charge is -2.04. The third kappa shape index (κ3) is 3.04. The molecule has 5 nitrogen and oxygen atoms in total. The van der Waals surface area contributed by atoms with Crippen molar-refractivity contribution in [2.24, 2.45) is 0 Å². The molecule has 1 aromatic carbocycles. The van der Waals surface area contributed by atoms with Gasteiger partial charge in [0.15, 0.2) is 0 Å². The van der Waals surface area contributed by atoms with Gasteiger partial charge in [0.05, 0.1) is 17.5 Å². The standard InChI is InChI=1S/C18H14N4OS/c23-17(8-12-5-7-24-11-12)20-14-3-4-15-16(9-14)22-18(21-15)13-2-1-6-19-10-13/h1-7,9-11H,8H2,(H,20,23)(H,21,22). The van der Waals surface area contributed by atoms with E-state index in [0.29, 0.717) is 6.42 Å². The maximum absolute atomic E-state index is 12.1. The summed E-state index contributed by atoms with van der Waals surface area (Å²) in [4.78, 5) is 24.0. The van der Waals surface area contributed by atoms with Crippen LogP contribution in [0.5, 0.6) is 0 Å². The van der Waals surface area contributed by atoms with Crippen LogP contribution in [-0.4, -0.2) is 20.9 Å². The van der Waals surface area contributed by atoms with Gasteiger partial charge in [-0.25, -0.2) is 4.98 Å². The molecule has 0 aliphatic carbocycles. The summed E-state index contributed by atoms with van der Waals surface area (Å²) in [6.07, 6.45) is 3.87. The lowest BCUT2D eigenvalue weighted by Crippen LogP contribution is -2.13. The molecule has 2 N–H and O–H groups in total. The van der Waals surface area contributed by atoms with E-state index in [2.05, 4.69) is 20.3 Å². The molecule has 0 fully saturated rings. The minimum atomic E-state index is -0.0280. The lowest BCUT2D eigenvalue weighted by molar-refractivity contribution is -0.115. The van der Waals surface area contributed by atoms with Gasteiger partial charge in [-0.1, -0.05) is 0 Å². The van der Waals surface area contributed by atoms with E-state index in [1.54, 1.807) is 23.7 Å². The minimum absolute atomic E-state index is 0.0280. The number of nitrogens with one attached hydrogen (secondary N) is 2. The largest absolute Gasteiger partial charge is 0.338 e. The van der Waals surface area contributed by atoms with E-state index in [0.717, 1.165) is 33.7 Å². The van der Waals surface area contributed by atoms with Crippen molar-refractivity contribution in [2.45, 2.75) is 6.42 Å². The SMILES string of the molecule is O=C(Cc1ccsc1)Nc1ccc2nc(-c3cccnc3)[nH]c2c1. The van der Waals surface area contributed by atoms with E-state index in [9.17, 15) is 4.79 Å². The number of imidazole rings is 1. The fraction of sp³-hybridized carbons (Fsp3) is 0.0556. The molecule has 0 spiro atoms. The first-order chi connectivity index (χ1) is 11.8. The summed E-state index contributed by atoms with van der Waals surface area (Å²) in [7, 11) is 0. The summed E-state index contributed by atoms with van der Waals surface area (Å²) in [5.74, 6) is 0.736. The molecule has 0 unspecified atom stereocenters. The number of benzene rings is 1. The Morgan fingerprint density at radius 2 is 2.21 bits per heavy atom. The number of pyridine rings is 1. The van der Waals surface area contributed by atoms with Crippen LogP contribution >= 0.6 is 11.3 Å². The van der Waals surface area contributed by atoms with Gasteiger partial charge in [0.2, 0.25) is 5.91 Å². The van der Waals surface area contributed by atoms with Gasteiger partial charge in [0, 0.05) is 23.6 Å². The van der Waals surface area contributed by atoms with Crippen molar-refractivity contribution < 1.29 is 4.79 Å². The van der Waals surface area contributed by atoms with Gasteiger partial charge in [-0.2, -0.15) is 11.3 Å². The Bertz CT molecular complexity index is 977. The van der Waals surface area contributed by atoms with Crippen LogP contribution < -0.4 is 5.32 Å². The topological polar surface area (TPSA) is 70.7 Å². The first-order valence-electron chi connectivity index (χ1n) is 7.49. The zero-order valence-corrected chi connectivity index (χ0v) is 13.5. The van der Waals surface area contributed by atoms with Crippen molar-refractivity contribution in [1.82, 2.24) is 15.0 Å². The van der Waals surface area contributed by atoms with Crippen molar-refractivity contribution in [3.05, 3.63) is 65.1 Å². The molecule has 0 radical (unpaired) electrons. The normalized spacial score (nSPS) is 10.8. The molecule has 3 heterocycles. The van der Waals surface area contributed by atoms with Crippen molar-refractivity contribution in [2.75, 3.05) is 5.32 Å². The van der Waals surface area contributed by atoms with Crippen molar-refractivity contribution >= 4 is 34.0 Å². The maximum atomic E-state index is 12.1. The predicted molar refractivity (Wildman–Crippen MR) is 96.0 cm³/mol. The van der Waals surface area contributed by atoms with Crippen molar-refractivity contribution in [1.29, 1.82) is 0 Å². The van der Waals surface area contributed by atoms with E-state index in [4.69, 9.17) is 0 Å². The summed E-state index contributed by atoms with van der Waals surface area (Å²) in [5.41, 5.74) is 4.44. The van der Waals surface area contributed by atoms with Crippen LogP contribution in [0.3, 0.4) is 0 Å². The quantitative estimate of drug-likeness (QED) is 0.595. The second kappa shape index (κ2) is 6.25. The number of aromatic amines is 1. The Morgan fingerprint density at radius 3 is 3.00 bits per heavy atom. The van der Waals surface area contributed by atoms with Crippen LogP contribution in [0.15, 0.2) is 59.6 Å². The molecule has 0 aliphatic rings. The minimum Gasteiger partial charge on any atom is -0.338 e. The Hall–Kier alpha value is -2.99. The van der Waals surface area contributed by atoms with E-state index < -0.39 is 0 Å². The number of rotatable bonds is 4. The molecule has 3 aromatic heterocycles. The number of fused-ring (bicyclic) bond motifs is 1. The van der Waals surface area contributed by atoms with Crippen molar-refractivity contribution in [3.8, 4) is 11.4 Å². The summed E-state index contributed by atoms with van der Waals surface area (Å²) < 4.78 is 0. The zero-order chi connectivity index (χ0) is 16.4. The lowest BCUT2D eigenvalue weighted by atomic mass is 10.2. The second-order valence-electron chi connectivity index (χ2n) is 5.42. The number of hydrogen-bond acceptors (Lipinski definition) is 4. The van der Waals surface area contributed by atoms with Gasteiger partial charge < -0.3 is 10.3 Å². The van der Waals surface area contributed by atoms with Gasteiger partial charge in [0.25, 0.3) is 0 Å². The molecule has 4 aromatic rings. The molecule has 0 atom stereocenters. The number of H-pyrrole nitrogens is 1. The summed E-state index contributed by atoms with van der Waals surface area (Å²) in [5, 5.41) is 6.88. The Morgan fingerprint density at radius 1 is 1.25 bits per heavy atom. The van der Waals surface area contributed by atoms with E-state index >= 15 is 0 Å². The van der Waals surface area contributed by atoms with E-state index in [-0.39, 0.29) is 5.91 Å². The number of carbonyl (C=O) groups is 1. The van der Waals surface area contributed by atoms with Crippen LogP contribution in [0, 0.1) is 0 Å². The summed E-state index contributed by atoms with van der Waals surface area (Å²) >= 11 is 1.59. The molecule has 24 heavy (non-hydrogen) atoms. The molecule has 0 saturated heterocycles. The Balaban J connectivity index is 1.56. The summed E-state index contributed by atoms with van der Waals surface area (Å²) in [6, 6.07) is 11.4. The van der Waals surface area contributed by atoms with Crippen LogP contribution in [0.2, 0.25) is 0 Å². The molecule has 1 amide bonds. The number of nitrogens with zero attached hydrogens (tertiary/aromatic N) is 2. The van der Waals surface area contributed by atoms with Gasteiger partial charge >= 0.3 is 0 Å². The van der Waals surface area contributed by atoms with Gasteiger partial charge in [0.1, 0.15) is 5.82 Å². The highest BCUT2D eigenvalue weighted by Crippen LogP contribution is 2.22. The van der Waals surface area contributed by atoms with Crippen molar-refractivity contribution in [3.63, 3.8) is 0 Å². The fourth-order valence-corrected chi connectivity index (χ4v) is 3.18. The average Bonchev–Trinajstić information content (AvgIpc) is 3.24. The maximum Gasteiger partial charge on any atom is 0.228 e. The Labute approximate surface area is 142 Å². The van der Waals surface area contributed by atoms with E-state index in [1.807, 2.05) is 47.2 Å². The number of hydrogen-bond donors (Lipinski definition) is 2. The third-order valence-electron chi connectivity index (χ3n) is 3.65. The number of carbonyl (C=O) groups excluding carboxylic acids is 1. The molecule has 4 rings (SSSR count). The van der Waals surface area contributed by atoms with Crippen LogP contribution in [0.4, 0.5) is 5.69 Å². The van der Waals surface area contributed by atoms with Crippen LogP contribution in [0.1, 0.15) is 5.56 Å². The number of amides is 1. The molecule has 118 valence electrons. The fourth-order valence-electron chi connectivity index (χ4n) is 2.51. The molecular formula is C18H14N4OS. The third-order valence-corrected chi connectivity index (χ3v) is 4.38. The van der Waals surface area contributed by atoms with Gasteiger partial charge in [-0.05, 0) is 52.7 Å². The molecule has 0 aliphatic heterocycles. The van der Waals surface area contributed by atoms with Gasteiger partial charge in [-0.3, -0.25) is 9.78 Å². The molecule has 6 heteroatoms. The number of anilines is 1. The molecule has 0 bridgehead atoms. The van der Waals surface area contributed by atoms with Gasteiger partial charge in [-0.15, -0.1) is 0 Å². The monoisotopic (exact) mass is 334 g/mol. The highest BCUT2D eigenvalue weighted by Gasteiger charge is 2.08. The molecular weight excluding hydrogens is 320 g/mol.